The van der Waals surface area contributed by atoms with Gasteiger partial charge in [-0.1, -0.05) is 12.1 Å². The highest BCUT2D eigenvalue weighted by Gasteiger charge is 2.40. The number of carbonyl (C=O) groups excluding carboxylic acids is 1. The van der Waals surface area contributed by atoms with Crippen LogP contribution in [0.3, 0.4) is 0 Å². The van der Waals surface area contributed by atoms with E-state index in [0.717, 1.165) is 48.1 Å². The fraction of sp³-hybridized carbons (Fsp3) is 0.500. The zero-order chi connectivity index (χ0) is 18.7. The second kappa shape index (κ2) is 8.16. The molecule has 1 aliphatic carbocycles. The lowest BCUT2D eigenvalue weighted by atomic mass is 9.94. The summed E-state index contributed by atoms with van der Waals surface area (Å²) in [5.41, 5.74) is 3.08. The Morgan fingerprint density at radius 3 is 2.62 bits per heavy atom. The van der Waals surface area contributed by atoms with E-state index in [1.165, 1.54) is 11.8 Å². The number of hydrogen-bond acceptors (Lipinski definition) is 4. The molecule has 0 saturated heterocycles. The summed E-state index contributed by atoms with van der Waals surface area (Å²) in [5.74, 6) is 0.0464. The molecule has 0 aromatic heterocycles. The molecule has 6 heteroatoms. The van der Waals surface area contributed by atoms with Crippen molar-refractivity contribution in [1.29, 1.82) is 0 Å². The zero-order valence-electron chi connectivity index (χ0n) is 15.2. The predicted molar refractivity (Wildman–Crippen MR) is 102 cm³/mol. The summed E-state index contributed by atoms with van der Waals surface area (Å²) in [7, 11) is 0. The van der Waals surface area contributed by atoms with Crippen molar-refractivity contribution >= 4 is 23.6 Å². The summed E-state index contributed by atoms with van der Waals surface area (Å²) in [6, 6.07) is 7.79. The zero-order valence-corrected chi connectivity index (χ0v) is 16.1. The molecule has 0 radical (unpaired) electrons. The Balaban J connectivity index is 1.76. The molecule has 2 aliphatic rings. The van der Waals surface area contributed by atoms with Crippen LogP contribution in [0.5, 0.6) is 5.75 Å². The molecular formula is C20H25NO4S. The van der Waals surface area contributed by atoms with Crippen molar-refractivity contribution in [2.24, 2.45) is 0 Å². The van der Waals surface area contributed by atoms with Crippen LogP contribution in [0.4, 0.5) is 0 Å². The van der Waals surface area contributed by atoms with E-state index in [9.17, 15) is 9.59 Å². The summed E-state index contributed by atoms with van der Waals surface area (Å²) >= 11 is 1.34. The maximum Gasteiger partial charge on any atom is 0.313 e. The molecule has 1 aromatic rings. The number of nitrogens with zero attached hydrogens (tertiary/aromatic N) is 1. The van der Waals surface area contributed by atoms with Gasteiger partial charge in [-0.3, -0.25) is 9.59 Å². The van der Waals surface area contributed by atoms with Gasteiger partial charge >= 0.3 is 5.97 Å². The number of rotatable bonds is 7. The molecule has 1 N–H and O–H groups in total. The van der Waals surface area contributed by atoms with E-state index < -0.39 is 5.97 Å². The van der Waals surface area contributed by atoms with Gasteiger partial charge in [-0.25, -0.2) is 0 Å². The normalized spacial score (nSPS) is 19.9. The second-order valence-electron chi connectivity index (χ2n) is 7.01. The van der Waals surface area contributed by atoms with Gasteiger partial charge in [0.1, 0.15) is 11.1 Å². The number of ether oxygens (including phenoxy) is 1. The molecule has 5 nitrogen and oxygen atoms in total. The number of hydrogen-bond donors (Lipinski definition) is 1. The first-order valence-electron chi connectivity index (χ1n) is 9.07. The molecule has 1 aliphatic heterocycles. The number of carboxylic acid groups (broad SMARTS) is 1. The fourth-order valence-electron chi connectivity index (χ4n) is 3.55. The molecule has 0 spiro atoms. The van der Waals surface area contributed by atoms with E-state index in [0.29, 0.717) is 6.54 Å². The van der Waals surface area contributed by atoms with Crippen molar-refractivity contribution in [3.05, 3.63) is 41.0 Å². The van der Waals surface area contributed by atoms with Crippen LogP contribution >= 0.6 is 11.8 Å². The second-order valence-corrected chi connectivity index (χ2v) is 8.08. The Bertz CT molecular complexity index is 711. The van der Waals surface area contributed by atoms with E-state index in [-0.39, 0.29) is 23.1 Å². The third-order valence-corrected chi connectivity index (χ3v) is 5.89. The average Bonchev–Trinajstić information content (AvgIpc) is 2.87. The largest absolute Gasteiger partial charge is 0.491 e. The molecule has 0 bridgehead atoms. The Morgan fingerprint density at radius 2 is 1.96 bits per heavy atom. The predicted octanol–water partition coefficient (Wildman–Crippen LogP) is 3.83. The lowest BCUT2D eigenvalue weighted by molar-refractivity contribution is -0.134. The van der Waals surface area contributed by atoms with Gasteiger partial charge in [-0.15, -0.1) is 11.8 Å². The van der Waals surface area contributed by atoms with Crippen molar-refractivity contribution in [1.82, 2.24) is 4.90 Å². The van der Waals surface area contributed by atoms with Gasteiger partial charge in [-0.2, -0.15) is 0 Å². The highest BCUT2D eigenvalue weighted by atomic mass is 32.2. The molecule has 0 saturated carbocycles. The summed E-state index contributed by atoms with van der Waals surface area (Å²) in [4.78, 5) is 25.8. The van der Waals surface area contributed by atoms with Crippen LogP contribution in [-0.4, -0.2) is 39.1 Å². The third kappa shape index (κ3) is 4.23. The molecule has 1 atom stereocenters. The number of carbonyl (C=O) groups is 2. The maximum atomic E-state index is 12.9. The van der Waals surface area contributed by atoms with Crippen LogP contribution in [0, 0.1) is 0 Å². The first-order valence-corrected chi connectivity index (χ1v) is 10.1. The minimum Gasteiger partial charge on any atom is -0.491 e. The van der Waals surface area contributed by atoms with Gasteiger partial charge in [0.05, 0.1) is 11.9 Å². The highest BCUT2D eigenvalue weighted by molar-refractivity contribution is 8.00. The molecule has 3 rings (SSSR count). The van der Waals surface area contributed by atoms with Crippen LogP contribution < -0.4 is 4.74 Å². The average molecular weight is 375 g/mol. The van der Waals surface area contributed by atoms with E-state index in [4.69, 9.17) is 9.84 Å². The minimum atomic E-state index is -0.845. The molecular weight excluding hydrogens is 350 g/mol. The van der Waals surface area contributed by atoms with Crippen LogP contribution in [0.1, 0.15) is 45.1 Å². The summed E-state index contributed by atoms with van der Waals surface area (Å²) in [5, 5.41) is 8.91. The Labute approximate surface area is 158 Å². The van der Waals surface area contributed by atoms with E-state index in [1.807, 2.05) is 43.0 Å². The minimum absolute atomic E-state index is 0.00634. The quantitative estimate of drug-likeness (QED) is 0.784. The number of benzene rings is 1. The van der Waals surface area contributed by atoms with Crippen LogP contribution in [0.15, 0.2) is 35.4 Å². The van der Waals surface area contributed by atoms with E-state index in [2.05, 4.69) is 0 Å². The maximum absolute atomic E-state index is 12.9. The van der Waals surface area contributed by atoms with Gasteiger partial charge in [0.15, 0.2) is 0 Å². The first kappa shape index (κ1) is 18.8. The third-order valence-electron chi connectivity index (χ3n) is 4.62. The molecule has 1 unspecified atom stereocenters. The first-order chi connectivity index (χ1) is 12.5. The number of aliphatic carboxylic acids is 1. The van der Waals surface area contributed by atoms with Crippen molar-refractivity contribution in [3.8, 4) is 5.75 Å². The summed E-state index contributed by atoms with van der Waals surface area (Å²) < 4.78 is 5.67. The van der Waals surface area contributed by atoms with Gasteiger partial charge < -0.3 is 14.7 Å². The van der Waals surface area contributed by atoms with Crippen molar-refractivity contribution < 1.29 is 19.4 Å². The topological polar surface area (TPSA) is 66.8 Å². The van der Waals surface area contributed by atoms with Crippen LogP contribution in [0.25, 0.3) is 0 Å². The Morgan fingerprint density at radius 1 is 1.27 bits per heavy atom. The number of carboxylic acids is 1. The van der Waals surface area contributed by atoms with Gasteiger partial charge in [0.25, 0.3) is 5.91 Å². The molecule has 1 amide bonds. The highest BCUT2D eigenvalue weighted by Crippen LogP contribution is 2.41. The smallest absolute Gasteiger partial charge is 0.313 e. The van der Waals surface area contributed by atoms with E-state index in [1.54, 1.807) is 0 Å². The van der Waals surface area contributed by atoms with Crippen LogP contribution in [-0.2, 0) is 16.1 Å². The molecule has 1 heterocycles. The van der Waals surface area contributed by atoms with Crippen molar-refractivity contribution in [2.45, 2.75) is 57.6 Å². The molecule has 140 valence electrons. The van der Waals surface area contributed by atoms with Crippen molar-refractivity contribution in [2.75, 3.05) is 5.75 Å². The van der Waals surface area contributed by atoms with Crippen molar-refractivity contribution in [3.63, 3.8) is 0 Å². The van der Waals surface area contributed by atoms with Gasteiger partial charge in [-0.05, 0) is 62.8 Å². The number of amides is 1. The summed E-state index contributed by atoms with van der Waals surface area (Å²) in [6.45, 7) is 4.46. The Hall–Kier alpha value is -1.95. The molecule has 0 fully saturated rings. The lowest BCUT2D eigenvalue weighted by Gasteiger charge is -2.26. The van der Waals surface area contributed by atoms with Gasteiger partial charge in [0, 0.05) is 12.1 Å². The molecule has 26 heavy (non-hydrogen) atoms. The Kier molecular flexibility index (Phi) is 5.91. The molecule has 1 aromatic carbocycles. The lowest BCUT2D eigenvalue weighted by Crippen LogP contribution is -2.33. The van der Waals surface area contributed by atoms with Crippen LogP contribution in [0.2, 0.25) is 0 Å². The monoisotopic (exact) mass is 375 g/mol. The fourth-order valence-corrected chi connectivity index (χ4v) is 4.66. The standard InChI is InChI=1S/C20H25NO4S/c1-13(2)25-15-9-7-14(8-10-15)11-21-19(24)16-5-3-4-6-17(16)20(21)26-12-18(22)23/h7-10,13,20H,3-6,11-12H2,1-2H3,(H,22,23). The summed E-state index contributed by atoms with van der Waals surface area (Å²) in [6.07, 6.45) is 3.95. The number of thioether (sulfide) groups is 1. The van der Waals surface area contributed by atoms with E-state index >= 15 is 0 Å². The van der Waals surface area contributed by atoms with Gasteiger partial charge in [0.2, 0.25) is 0 Å². The SMILES string of the molecule is CC(C)Oc1ccc(CN2C(=O)C3=C(CCCC3)C2SCC(=O)O)cc1.